The zero-order chi connectivity index (χ0) is 16.4. The number of hydrogen-bond acceptors (Lipinski definition) is 3. The van der Waals surface area contributed by atoms with Gasteiger partial charge in [0.25, 0.3) is 0 Å². The van der Waals surface area contributed by atoms with Gasteiger partial charge in [-0.2, -0.15) is 0 Å². The lowest BCUT2D eigenvalue weighted by Gasteiger charge is -2.33. The number of carbonyl (C=O) groups excluding carboxylic acids is 1. The largest absolute Gasteiger partial charge is 0.481 e. The van der Waals surface area contributed by atoms with Gasteiger partial charge in [0.15, 0.2) is 0 Å². The molecule has 1 aliphatic heterocycles. The van der Waals surface area contributed by atoms with Gasteiger partial charge in [0.1, 0.15) is 0 Å². The number of carboxylic acid groups (broad SMARTS) is 1. The topological polar surface area (TPSA) is 57.6 Å². The van der Waals surface area contributed by atoms with Crippen molar-refractivity contribution < 1.29 is 14.7 Å². The van der Waals surface area contributed by atoms with Gasteiger partial charge in [-0.05, 0) is 30.2 Å². The average Bonchev–Trinajstić information content (AvgIpc) is 2.52. The first-order chi connectivity index (χ1) is 11.0. The van der Waals surface area contributed by atoms with Gasteiger partial charge in [-0.15, -0.1) is 11.8 Å². The Morgan fingerprint density at radius 2 is 1.96 bits per heavy atom. The second-order valence-corrected chi connectivity index (χ2v) is 6.83. The highest BCUT2D eigenvalue weighted by molar-refractivity contribution is 8.01. The number of anilines is 1. The molecule has 0 saturated heterocycles. The Balaban J connectivity index is 1.98. The Morgan fingerprint density at radius 3 is 2.65 bits per heavy atom. The number of benzene rings is 2. The zero-order valence-electron chi connectivity index (χ0n) is 12.7. The van der Waals surface area contributed by atoms with Crippen LogP contribution in [0.5, 0.6) is 0 Å². The molecule has 0 spiro atoms. The lowest BCUT2D eigenvalue weighted by molar-refractivity contribution is -0.138. The first-order valence-corrected chi connectivity index (χ1v) is 8.27. The molecular formula is C18H17NO3S. The summed E-state index contributed by atoms with van der Waals surface area (Å²) >= 11 is 1.34. The van der Waals surface area contributed by atoms with Crippen molar-refractivity contribution in [3.8, 4) is 0 Å². The van der Waals surface area contributed by atoms with Crippen LogP contribution in [0.1, 0.15) is 17.5 Å². The molecule has 0 aliphatic carbocycles. The molecule has 1 atom stereocenters. The Kier molecular flexibility index (Phi) is 4.39. The molecule has 0 fully saturated rings. The highest BCUT2D eigenvalue weighted by atomic mass is 32.2. The fourth-order valence-corrected chi connectivity index (χ4v) is 3.85. The summed E-state index contributed by atoms with van der Waals surface area (Å²) in [6.45, 7) is 2.44. The van der Waals surface area contributed by atoms with E-state index in [4.69, 9.17) is 5.11 Å². The first-order valence-electron chi connectivity index (χ1n) is 7.39. The number of aliphatic carboxylic acids is 1. The molecule has 118 valence electrons. The molecule has 1 N–H and O–H groups in total. The Labute approximate surface area is 139 Å². The van der Waals surface area contributed by atoms with Gasteiger partial charge >= 0.3 is 5.97 Å². The van der Waals surface area contributed by atoms with Crippen molar-refractivity contribution in [1.29, 1.82) is 0 Å². The van der Waals surface area contributed by atoms with E-state index in [2.05, 4.69) is 0 Å². The molecule has 1 aliphatic rings. The van der Waals surface area contributed by atoms with Gasteiger partial charge in [0.05, 0.1) is 23.9 Å². The molecule has 1 amide bonds. The first kappa shape index (κ1) is 15.6. The number of carboxylic acids is 1. The zero-order valence-corrected chi connectivity index (χ0v) is 13.5. The van der Waals surface area contributed by atoms with Crippen LogP contribution >= 0.6 is 11.8 Å². The predicted molar refractivity (Wildman–Crippen MR) is 90.7 cm³/mol. The van der Waals surface area contributed by atoms with Crippen LogP contribution in [-0.2, 0) is 16.1 Å². The van der Waals surface area contributed by atoms with E-state index in [-0.39, 0.29) is 12.3 Å². The third kappa shape index (κ3) is 3.40. The van der Waals surface area contributed by atoms with Gasteiger partial charge in [-0.3, -0.25) is 9.59 Å². The number of carbonyl (C=O) groups is 2. The summed E-state index contributed by atoms with van der Waals surface area (Å²) in [5.41, 5.74) is 2.96. The Bertz CT molecular complexity index is 745. The second kappa shape index (κ2) is 6.46. The van der Waals surface area contributed by atoms with Gasteiger partial charge in [-0.25, -0.2) is 0 Å². The molecule has 0 saturated carbocycles. The highest BCUT2D eigenvalue weighted by Crippen LogP contribution is 2.41. The van der Waals surface area contributed by atoms with Crippen molar-refractivity contribution >= 4 is 29.3 Å². The maximum absolute atomic E-state index is 12.8. The summed E-state index contributed by atoms with van der Waals surface area (Å²) in [7, 11) is 0. The fraction of sp³-hybridized carbons (Fsp3) is 0.222. The normalized spacial score (nSPS) is 17.0. The SMILES string of the molecule is Cc1ccc2c(c1)N(Cc1ccccc1)C(=O)C(CC(=O)O)S2. The number of nitrogens with zero attached hydrogens (tertiary/aromatic N) is 1. The van der Waals surface area contributed by atoms with Crippen molar-refractivity contribution in [2.45, 2.75) is 30.0 Å². The summed E-state index contributed by atoms with van der Waals surface area (Å²) in [4.78, 5) is 26.5. The molecule has 0 bridgehead atoms. The summed E-state index contributed by atoms with van der Waals surface area (Å²) in [5, 5.41) is 8.49. The van der Waals surface area contributed by atoms with Crippen LogP contribution in [-0.4, -0.2) is 22.2 Å². The molecule has 4 nitrogen and oxygen atoms in total. The van der Waals surface area contributed by atoms with Gasteiger partial charge in [0, 0.05) is 4.90 Å². The maximum Gasteiger partial charge on any atom is 0.305 e. The van der Waals surface area contributed by atoms with E-state index in [1.54, 1.807) is 4.90 Å². The van der Waals surface area contributed by atoms with Crippen LogP contribution in [0.25, 0.3) is 0 Å². The molecule has 2 aromatic carbocycles. The highest BCUT2D eigenvalue weighted by Gasteiger charge is 2.34. The van der Waals surface area contributed by atoms with Crippen LogP contribution in [0.3, 0.4) is 0 Å². The molecule has 5 heteroatoms. The number of amides is 1. The summed E-state index contributed by atoms with van der Waals surface area (Å²) < 4.78 is 0. The van der Waals surface area contributed by atoms with Crippen molar-refractivity contribution in [3.05, 3.63) is 59.7 Å². The van der Waals surface area contributed by atoms with Crippen LogP contribution in [0.2, 0.25) is 0 Å². The quantitative estimate of drug-likeness (QED) is 0.934. The predicted octanol–water partition coefficient (Wildman–Crippen LogP) is 3.48. The molecule has 2 aromatic rings. The summed E-state index contributed by atoms with van der Waals surface area (Å²) in [5.74, 6) is -1.09. The van der Waals surface area contributed by atoms with Crippen LogP contribution in [0.4, 0.5) is 5.69 Å². The smallest absolute Gasteiger partial charge is 0.305 e. The lowest BCUT2D eigenvalue weighted by Crippen LogP contribution is -2.41. The van der Waals surface area contributed by atoms with Gasteiger partial charge < -0.3 is 10.0 Å². The number of aryl methyl sites for hydroxylation is 1. The van der Waals surface area contributed by atoms with E-state index in [1.807, 2.05) is 55.5 Å². The van der Waals surface area contributed by atoms with Crippen LogP contribution in [0.15, 0.2) is 53.4 Å². The van der Waals surface area contributed by atoms with E-state index in [0.717, 1.165) is 21.7 Å². The second-order valence-electron chi connectivity index (χ2n) is 5.59. The Hall–Kier alpha value is -2.27. The molecule has 23 heavy (non-hydrogen) atoms. The van der Waals surface area contributed by atoms with E-state index >= 15 is 0 Å². The summed E-state index contributed by atoms with van der Waals surface area (Å²) in [6, 6.07) is 15.7. The minimum Gasteiger partial charge on any atom is -0.481 e. The average molecular weight is 327 g/mol. The van der Waals surface area contributed by atoms with Crippen LogP contribution < -0.4 is 4.90 Å². The standard InChI is InChI=1S/C18H17NO3S/c1-12-7-8-15-14(9-12)19(11-13-5-3-2-4-6-13)18(22)16(23-15)10-17(20)21/h2-9,16H,10-11H2,1H3,(H,20,21). The van der Waals surface area contributed by atoms with Crippen molar-refractivity contribution in [1.82, 2.24) is 0 Å². The van der Waals surface area contributed by atoms with E-state index in [0.29, 0.717) is 6.54 Å². The van der Waals surface area contributed by atoms with Crippen molar-refractivity contribution in [2.24, 2.45) is 0 Å². The molecular weight excluding hydrogens is 310 g/mol. The summed E-state index contributed by atoms with van der Waals surface area (Å²) in [6.07, 6.45) is -0.165. The van der Waals surface area contributed by atoms with E-state index < -0.39 is 11.2 Å². The van der Waals surface area contributed by atoms with Crippen molar-refractivity contribution in [3.63, 3.8) is 0 Å². The third-order valence-electron chi connectivity index (χ3n) is 3.76. The monoisotopic (exact) mass is 327 g/mol. The number of rotatable bonds is 4. The third-order valence-corrected chi connectivity index (χ3v) is 5.01. The molecule has 0 radical (unpaired) electrons. The fourth-order valence-electron chi connectivity index (χ4n) is 2.65. The molecule has 0 aromatic heterocycles. The molecule has 1 heterocycles. The van der Waals surface area contributed by atoms with E-state index in [1.165, 1.54) is 11.8 Å². The van der Waals surface area contributed by atoms with E-state index in [9.17, 15) is 9.59 Å². The molecule has 3 rings (SSSR count). The molecule has 1 unspecified atom stereocenters. The Morgan fingerprint density at radius 1 is 1.22 bits per heavy atom. The number of fused-ring (bicyclic) bond motifs is 1. The minimum absolute atomic E-state index is 0.139. The van der Waals surface area contributed by atoms with Gasteiger partial charge in [0.2, 0.25) is 5.91 Å². The van der Waals surface area contributed by atoms with Crippen molar-refractivity contribution in [2.75, 3.05) is 4.90 Å². The lowest BCUT2D eigenvalue weighted by atomic mass is 10.1. The minimum atomic E-state index is -0.953. The van der Waals surface area contributed by atoms with Gasteiger partial charge in [-0.1, -0.05) is 36.4 Å². The maximum atomic E-state index is 12.8. The number of hydrogen-bond donors (Lipinski definition) is 1. The van der Waals surface area contributed by atoms with Crippen LogP contribution in [0, 0.1) is 6.92 Å². The number of thioether (sulfide) groups is 1.